The van der Waals surface area contributed by atoms with Gasteiger partial charge in [0.25, 0.3) is 0 Å². The monoisotopic (exact) mass is 281 g/mol. The standard InChI is InChI=1S/C13H15NO4S/c15-9-3-1-2-4-10(9)19-7-11(16)14-8-13(5-6-13)12(17)18/h1-4,15H,5-8H2,(H,14,16)(H,17,18). The van der Waals surface area contributed by atoms with Gasteiger partial charge in [0.05, 0.1) is 11.2 Å². The van der Waals surface area contributed by atoms with E-state index in [2.05, 4.69) is 5.32 Å². The summed E-state index contributed by atoms with van der Waals surface area (Å²) in [5.41, 5.74) is -0.741. The Labute approximate surface area is 115 Å². The molecule has 1 amide bonds. The normalized spacial score (nSPS) is 15.8. The number of hydrogen-bond donors (Lipinski definition) is 3. The molecule has 1 aliphatic rings. The van der Waals surface area contributed by atoms with Crippen LogP contribution in [0.3, 0.4) is 0 Å². The Morgan fingerprint density at radius 3 is 2.58 bits per heavy atom. The van der Waals surface area contributed by atoms with Gasteiger partial charge in [0.15, 0.2) is 0 Å². The van der Waals surface area contributed by atoms with Gasteiger partial charge in [0, 0.05) is 11.4 Å². The third-order valence-electron chi connectivity index (χ3n) is 3.16. The Bertz CT molecular complexity index is 499. The number of benzene rings is 1. The molecule has 0 aromatic heterocycles. The van der Waals surface area contributed by atoms with Crippen molar-refractivity contribution in [3.8, 4) is 5.75 Å². The molecule has 3 N–H and O–H groups in total. The summed E-state index contributed by atoms with van der Waals surface area (Å²) in [5.74, 6) is -0.765. The van der Waals surface area contributed by atoms with Crippen LogP contribution in [0, 0.1) is 5.41 Å². The summed E-state index contributed by atoms with van der Waals surface area (Å²) in [5, 5.41) is 21.1. The lowest BCUT2D eigenvalue weighted by Crippen LogP contribution is -2.35. The van der Waals surface area contributed by atoms with Crippen molar-refractivity contribution in [1.29, 1.82) is 0 Å². The molecule has 1 saturated carbocycles. The molecule has 5 nitrogen and oxygen atoms in total. The molecular formula is C13H15NO4S. The minimum absolute atomic E-state index is 0.143. The predicted octanol–water partition coefficient (Wildman–Crippen LogP) is 1.47. The average molecular weight is 281 g/mol. The molecule has 0 bridgehead atoms. The topological polar surface area (TPSA) is 86.6 Å². The average Bonchev–Trinajstić information content (AvgIpc) is 3.16. The van der Waals surface area contributed by atoms with Crippen molar-refractivity contribution < 1.29 is 19.8 Å². The number of phenolic OH excluding ortho intramolecular Hbond substituents is 1. The minimum atomic E-state index is -0.846. The number of carbonyl (C=O) groups excluding carboxylic acids is 1. The Morgan fingerprint density at radius 2 is 2.00 bits per heavy atom. The van der Waals surface area contributed by atoms with Crippen LogP contribution in [-0.4, -0.2) is 34.4 Å². The van der Waals surface area contributed by atoms with Crippen molar-refractivity contribution in [3.63, 3.8) is 0 Å². The molecule has 0 unspecified atom stereocenters. The number of phenols is 1. The van der Waals surface area contributed by atoms with E-state index in [4.69, 9.17) is 5.11 Å². The highest BCUT2D eigenvalue weighted by Crippen LogP contribution is 2.45. The summed E-state index contributed by atoms with van der Waals surface area (Å²) < 4.78 is 0. The molecule has 0 aliphatic heterocycles. The van der Waals surface area contributed by atoms with Gasteiger partial charge in [-0.1, -0.05) is 12.1 Å². The van der Waals surface area contributed by atoms with Crippen LogP contribution in [0.5, 0.6) is 5.75 Å². The van der Waals surface area contributed by atoms with Gasteiger partial charge in [-0.25, -0.2) is 0 Å². The molecule has 6 heteroatoms. The van der Waals surface area contributed by atoms with E-state index >= 15 is 0 Å². The number of aliphatic carboxylic acids is 1. The Morgan fingerprint density at radius 1 is 1.32 bits per heavy atom. The first-order chi connectivity index (χ1) is 9.03. The quantitative estimate of drug-likeness (QED) is 0.687. The largest absolute Gasteiger partial charge is 0.507 e. The highest BCUT2D eigenvalue weighted by molar-refractivity contribution is 8.00. The van der Waals surface area contributed by atoms with Crippen molar-refractivity contribution in [2.75, 3.05) is 12.3 Å². The van der Waals surface area contributed by atoms with Gasteiger partial charge in [-0.05, 0) is 25.0 Å². The maximum atomic E-state index is 11.6. The number of carboxylic acids is 1. The number of rotatable bonds is 6. The first-order valence-electron chi connectivity index (χ1n) is 5.94. The molecule has 1 aromatic rings. The second kappa shape index (κ2) is 5.52. The van der Waals surface area contributed by atoms with Crippen LogP contribution >= 0.6 is 11.8 Å². The molecule has 0 heterocycles. The van der Waals surface area contributed by atoms with Crippen LogP contribution in [-0.2, 0) is 9.59 Å². The van der Waals surface area contributed by atoms with E-state index in [0.29, 0.717) is 17.7 Å². The number of carboxylic acid groups (broad SMARTS) is 1. The van der Waals surface area contributed by atoms with Crippen molar-refractivity contribution in [3.05, 3.63) is 24.3 Å². The van der Waals surface area contributed by atoms with E-state index in [1.54, 1.807) is 24.3 Å². The van der Waals surface area contributed by atoms with E-state index < -0.39 is 11.4 Å². The Balaban J connectivity index is 1.77. The number of aromatic hydroxyl groups is 1. The fraction of sp³-hybridized carbons (Fsp3) is 0.385. The summed E-state index contributed by atoms with van der Waals surface area (Å²) in [6.45, 7) is 0.183. The van der Waals surface area contributed by atoms with E-state index in [0.717, 1.165) is 0 Å². The maximum Gasteiger partial charge on any atom is 0.311 e. The molecule has 1 aliphatic carbocycles. The number of carbonyl (C=O) groups is 2. The number of hydrogen-bond acceptors (Lipinski definition) is 4. The van der Waals surface area contributed by atoms with E-state index in [9.17, 15) is 14.7 Å². The lowest BCUT2D eigenvalue weighted by Gasteiger charge is -2.11. The van der Waals surface area contributed by atoms with E-state index in [1.807, 2.05) is 0 Å². The minimum Gasteiger partial charge on any atom is -0.507 e. The molecule has 0 atom stereocenters. The second-order valence-corrected chi connectivity index (χ2v) is 5.64. The van der Waals surface area contributed by atoms with Crippen LogP contribution in [0.4, 0.5) is 0 Å². The molecule has 102 valence electrons. The van der Waals surface area contributed by atoms with Gasteiger partial charge in [0.2, 0.25) is 5.91 Å². The smallest absolute Gasteiger partial charge is 0.311 e. The molecule has 19 heavy (non-hydrogen) atoms. The summed E-state index contributed by atoms with van der Waals surface area (Å²) in [6.07, 6.45) is 1.24. The van der Waals surface area contributed by atoms with Crippen LogP contribution < -0.4 is 5.32 Å². The van der Waals surface area contributed by atoms with Gasteiger partial charge in [0.1, 0.15) is 5.75 Å². The summed E-state index contributed by atoms with van der Waals surface area (Å²) in [4.78, 5) is 23.2. The zero-order chi connectivity index (χ0) is 13.9. The predicted molar refractivity (Wildman–Crippen MR) is 71.1 cm³/mol. The lowest BCUT2D eigenvalue weighted by atomic mass is 10.1. The van der Waals surface area contributed by atoms with E-state index in [1.165, 1.54) is 11.8 Å². The van der Waals surface area contributed by atoms with E-state index in [-0.39, 0.29) is 24.0 Å². The molecule has 0 radical (unpaired) electrons. The molecule has 0 saturated heterocycles. The van der Waals surface area contributed by atoms with Gasteiger partial charge in [-0.15, -0.1) is 11.8 Å². The molecule has 2 rings (SSSR count). The summed E-state index contributed by atoms with van der Waals surface area (Å²) >= 11 is 1.23. The van der Waals surface area contributed by atoms with Gasteiger partial charge in [-0.3, -0.25) is 9.59 Å². The van der Waals surface area contributed by atoms with Crippen molar-refractivity contribution >= 4 is 23.6 Å². The number of para-hydroxylation sites is 1. The van der Waals surface area contributed by atoms with Crippen molar-refractivity contribution in [2.45, 2.75) is 17.7 Å². The summed E-state index contributed by atoms with van der Waals surface area (Å²) in [7, 11) is 0. The third-order valence-corrected chi connectivity index (χ3v) is 4.22. The summed E-state index contributed by atoms with van der Waals surface area (Å²) in [6, 6.07) is 6.78. The molecule has 1 fully saturated rings. The molecule has 0 spiro atoms. The lowest BCUT2D eigenvalue weighted by molar-refractivity contribution is -0.143. The highest BCUT2D eigenvalue weighted by Gasteiger charge is 2.50. The highest BCUT2D eigenvalue weighted by atomic mass is 32.2. The second-order valence-electron chi connectivity index (χ2n) is 4.62. The number of amides is 1. The van der Waals surface area contributed by atoms with Crippen LogP contribution in [0.15, 0.2) is 29.2 Å². The van der Waals surface area contributed by atoms with Crippen LogP contribution in [0.1, 0.15) is 12.8 Å². The fourth-order valence-electron chi connectivity index (χ4n) is 1.66. The number of nitrogens with one attached hydrogen (secondary N) is 1. The Hall–Kier alpha value is -1.69. The van der Waals surface area contributed by atoms with Crippen molar-refractivity contribution in [1.82, 2.24) is 5.32 Å². The first kappa shape index (κ1) is 13.7. The fourth-order valence-corrected chi connectivity index (χ4v) is 2.44. The van der Waals surface area contributed by atoms with Crippen LogP contribution in [0.2, 0.25) is 0 Å². The maximum absolute atomic E-state index is 11.6. The molecule has 1 aromatic carbocycles. The first-order valence-corrected chi connectivity index (χ1v) is 6.93. The van der Waals surface area contributed by atoms with Crippen molar-refractivity contribution in [2.24, 2.45) is 5.41 Å². The molecular weight excluding hydrogens is 266 g/mol. The SMILES string of the molecule is O=C(CSc1ccccc1O)NCC1(C(=O)O)CC1. The zero-order valence-electron chi connectivity index (χ0n) is 10.3. The Kier molecular flexibility index (Phi) is 3.99. The third kappa shape index (κ3) is 3.41. The zero-order valence-corrected chi connectivity index (χ0v) is 11.1. The van der Waals surface area contributed by atoms with Gasteiger partial charge >= 0.3 is 5.97 Å². The van der Waals surface area contributed by atoms with Gasteiger partial charge in [-0.2, -0.15) is 0 Å². The van der Waals surface area contributed by atoms with Gasteiger partial charge < -0.3 is 15.5 Å². The van der Waals surface area contributed by atoms with Crippen LogP contribution in [0.25, 0.3) is 0 Å². The number of thioether (sulfide) groups is 1.